The smallest absolute Gasteiger partial charge is 0.256 e. The third-order valence-electron chi connectivity index (χ3n) is 6.74. The predicted molar refractivity (Wildman–Crippen MR) is 136 cm³/mol. The molecule has 186 valence electrons. The SMILES string of the molecule is CCn1c(-c2ccccc2F)nc2cc(NC(C)=O)cc(C(=O)N3CCCCC3c3nccn3C)c21. The van der Waals surface area contributed by atoms with E-state index in [1.54, 1.807) is 36.5 Å². The molecule has 1 atom stereocenters. The quantitative estimate of drug-likeness (QED) is 0.432. The number of imidazole rings is 2. The molecule has 1 N–H and O–H groups in total. The first-order chi connectivity index (χ1) is 17.4. The number of amides is 2. The molecular weight excluding hydrogens is 459 g/mol. The molecule has 1 fully saturated rings. The van der Waals surface area contributed by atoms with E-state index in [1.165, 1.54) is 13.0 Å². The maximum Gasteiger partial charge on any atom is 0.256 e. The van der Waals surface area contributed by atoms with E-state index in [0.29, 0.717) is 46.8 Å². The average Bonchev–Trinajstić information content (AvgIpc) is 3.46. The van der Waals surface area contributed by atoms with Gasteiger partial charge in [0.2, 0.25) is 5.91 Å². The van der Waals surface area contributed by atoms with Gasteiger partial charge in [-0.3, -0.25) is 9.59 Å². The Hall–Kier alpha value is -4.01. The van der Waals surface area contributed by atoms with Crippen LogP contribution in [0, 0.1) is 5.82 Å². The highest BCUT2D eigenvalue weighted by Crippen LogP contribution is 2.35. The summed E-state index contributed by atoms with van der Waals surface area (Å²) in [4.78, 5) is 37.2. The molecule has 4 aromatic rings. The number of carbonyl (C=O) groups excluding carboxylic acids is 2. The van der Waals surface area contributed by atoms with Crippen LogP contribution in [-0.4, -0.2) is 42.4 Å². The highest BCUT2D eigenvalue weighted by atomic mass is 19.1. The Morgan fingerprint density at radius 3 is 2.69 bits per heavy atom. The van der Waals surface area contributed by atoms with Crippen molar-refractivity contribution in [2.75, 3.05) is 11.9 Å². The van der Waals surface area contributed by atoms with Crippen molar-refractivity contribution in [3.63, 3.8) is 0 Å². The van der Waals surface area contributed by atoms with Gasteiger partial charge in [0.05, 0.1) is 28.2 Å². The van der Waals surface area contributed by atoms with E-state index in [4.69, 9.17) is 4.98 Å². The van der Waals surface area contributed by atoms with E-state index in [2.05, 4.69) is 10.3 Å². The van der Waals surface area contributed by atoms with Gasteiger partial charge < -0.3 is 19.4 Å². The van der Waals surface area contributed by atoms with Gasteiger partial charge in [-0.1, -0.05) is 12.1 Å². The molecule has 1 unspecified atom stereocenters. The number of nitrogens with zero attached hydrogens (tertiary/aromatic N) is 5. The largest absolute Gasteiger partial charge is 0.336 e. The molecular formula is C27H29FN6O2. The number of anilines is 1. The van der Waals surface area contributed by atoms with Crippen LogP contribution in [-0.2, 0) is 18.4 Å². The summed E-state index contributed by atoms with van der Waals surface area (Å²) in [5.41, 5.74) is 2.41. The Bertz CT molecular complexity index is 1460. The van der Waals surface area contributed by atoms with E-state index >= 15 is 0 Å². The number of piperidine rings is 1. The number of benzene rings is 2. The van der Waals surface area contributed by atoms with Crippen molar-refractivity contribution < 1.29 is 14.0 Å². The van der Waals surface area contributed by atoms with Crippen molar-refractivity contribution in [2.24, 2.45) is 7.05 Å². The minimum atomic E-state index is -0.386. The molecule has 9 heteroatoms. The number of nitrogens with one attached hydrogen (secondary N) is 1. The van der Waals surface area contributed by atoms with Crippen LogP contribution in [0.25, 0.3) is 22.4 Å². The third-order valence-corrected chi connectivity index (χ3v) is 6.74. The van der Waals surface area contributed by atoms with Crippen LogP contribution >= 0.6 is 0 Å². The Labute approximate surface area is 208 Å². The van der Waals surface area contributed by atoms with E-state index in [9.17, 15) is 14.0 Å². The maximum atomic E-state index is 14.8. The van der Waals surface area contributed by atoms with Crippen LogP contribution in [0.1, 0.15) is 55.3 Å². The van der Waals surface area contributed by atoms with Crippen LogP contribution in [0.5, 0.6) is 0 Å². The summed E-state index contributed by atoms with van der Waals surface area (Å²) in [5, 5.41) is 2.79. The summed E-state index contributed by atoms with van der Waals surface area (Å²) in [6.45, 7) is 4.45. The van der Waals surface area contributed by atoms with E-state index < -0.39 is 0 Å². The molecule has 3 heterocycles. The number of hydrogen-bond acceptors (Lipinski definition) is 4. The molecule has 0 aliphatic carbocycles. The lowest BCUT2D eigenvalue weighted by Gasteiger charge is -2.35. The predicted octanol–water partition coefficient (Wildman–Crippen LogP) is 4.92. The molecule has 1 aliphatic rings. The number of aromatic nitrogens is 4. The lowest BCUT2D eigenvalue weighted by Crippen LogP contribution is -2.39. The monoisotopic (exact) mass is 488 g/mol. The number of hydrogen-bond donors (Lipinski definition) is 1. The van der Waals surface area contributed by atoms with Crippen LogP contribution in [0.3, 0.4) is 0 Å². The second kappa shape index (κ2) is 9.56. The summed E-state index contributed by atoms with van der Waals surface area (Å²) in [7, 11) is 1.93. The van der Waals surface area contributed by atoms with Crippen LogP contribution in [0.2, 0.25) is 0 Å². The summed E-state index contributed by atoms with van der Waals surface area (Å²) in [6, 6.07) is 9.75. The van der Waals surface area contributed by atoms with Crippen LogP contribution in [0.4, 0.5) is 10.1 Å². The molecule has 1 saturated heterocycles. The number of halogens is 1. The Kier molecular flexibility index (Phi) is 6.30. The lowest BCUT2D eigenvalue weighted by molar-refractivity contribution is -0.114. The normalized spacial score (nSPS) is 15.9. The minimum Gasteiger partial charge on any atom is -0.336 e. The molecule has 1 aliphatic heterocycles. The summed E-state index contributed by atoms with van der Waals surface area (Å²) < 4.78 is 18.6. The standard InChI is InChI=1S/C27H29FN6O2/c1-4-33-24-20(27(36)34-13-8-7-11-23(34)26-29-12-14-32(26)3)15-18(30-17(2)35)16-22(24)31-25(33)19-9-5-6-10-21(19)28/h5-6,9-10,12,14-16,23H,4,7-8,11,13H2,1-3H3,(H,30,35). The third kappa shape index (κ3) is 4.14. The second-order valence-electron chi connectivity index (χ2n) is 9.14. The van der Waals surface area contributed by atoms with Gasteiger partial charge >= 0.3 is 0 Å². The zero-order chi connectivity index (χ0) is 25.4. The average molecular weight is 489 g/mol. The van der Waals surface area contributed by atoms with Crippen molar-refractivity contribution in [1.82, 2.24) is 24.0 Å². The molecule has 8 nitrogen and oxygen atoms in total. The van der Waals surface area contributed by atoms with Gasteiger partial charge in [-0.15, -0.1) is 0 Å². The number of rotatable bonds is 5. The van der Waals surface area contributed by atoms with Crippen LogP contribution < -0.4 is 5.32 Å². The second-order valence-corrected chi connectivity index (χ2v) is 9.14. The van der Waals surface area contributed by atoms with Gasteiger partial charge in [0, 0.05) is 45.1 Å². The summed E-state index contributed by atoms with van der Waals surface area (Å²) in [5.74, 6) is 0.492. The number of fused-ring (bicyclic) bond motifs is 1. The topological polar surface area (TPSA) is 85.1 Å². The zero-order valence-corrected chi connectivity index (χ0v) is 20.7. The number of carbonyl (C=O) groups is 2. The van der Waals surface area contributed by atoms with Crippen molar-refractivity contribution in [2.45, 2.75) is 45.7 Å². The Morgan fingerprint density at radius 1 is 1.19 bits per heavy atom. The van der Waals surface area contributed by atoms with Gasteiger partial charge in [0.1, 0.15) is 17.5 Å². The van der Waals surface area contributed by atoms with Crippen molar-refractivity contribution in [3.05, 3.63) is 66.0 Å². The maximum absolute atomic E-state index is 14.8. The fraction of sp³-hybridized carbons (Fsp3) is 0.333. The van der Waals surface area contributed by atoms with E-state index in [-0.39, 0.29) is 23.7 Å². The number of likely N-dealkylation sites (tertiary alicyclic amines) is 1. The molecule has 0 bridgehead atoms. The van der Waals surface area contributed by atoms with Crippen molar-refractivity contribution in [1.29, 1.82) is 0 Å². The minimum absolute atomic E-state index is 0.158. The zero-order valence-electron chi connectivity index (χ0n) is 20.7. The van der Waals surface area contributed by atoms with Crippen molar-refractivity contribution in [3.8, 4) is 11.4 Å². The van der Waals surface area contributed by atoms with E-state index in [0.717, 1.165) is 25.1 Å². The molecule has 0 radical (unpaired) electrons. The van der Waals surface area contributed by atoms with Gasteiger partial charge in [-0.2, -0.15) is 0 Å². The fourth-order valence-corrected chi connectivity index (χ4v) is 5.16. The lowest BCUT2D eigenvalue weighted by atomic mass is 9.99. The molecule has 0 spiro atoms. The first-order valence-electron chi connectivity index (χ1n) is 12.2. The highest BCUT2D eigenvalue weighted by Gasteiger charge is 2.33. The van der Waals surface area contributed by atoms with Gasteiger partial charge in [0.25, 0.3) is 5.91 Å². The molecule has 2 aromatic carbocycles. The van der Waals surface area contributed by atoms with Gasteiger partial charge in [-0.05, 0) is 50.5 Å². The fourth-order valence-electron chi connectivity index (χ4n) is 5.16. The summed E-state index contributed by atoms with van der Waals surface area (Å²) >= 11 is 0. The summed E-state index contributed by atoms with van der Waals surface area (Å²) in [6.07, 6.45) is 6.35. The molecule has 0 saturated carbocycles. The Balaban J connectivity index is 1.70. The first kappa shape index (κ1) is 23.7. The molecule has 2 amide bonds. The van der Waals surface area contributed by atoms with Crippen molar-refractivity contribution >= 4 is 28.5 Å². The van der Waals surface area contributed by atoms with Gasteiger partial charge in [-0.25, -0.2) is 14.4 Å². The molecule has 5 rings (SSSR count). The van der Waals surface area contributed by atoms with E-state index in [1.807, 2.05) is 34.2 Å². The molecule has 2 aromatic heterocycles. The Morgan fingerprint density at radius 2 is 2.00 bits per heavy atom. The number of aryl methyl sites for hydroxylation is 2. The molecule has 36 heavy (non-hydrogen) atoms. The highest BCUT2D eigenvalue weighted by molar-refractivity contribution is 6.08. The van der Waals surface area contributed by atoms with Crippen LogP contribution in [0.15, 0.2) is 48.8 Å². The first-order valence-corrected chi connectivity index (χ1v) is 12.2. The van der Waals surface area contributed by atoms with Gasteiger partial charge in [0.15, 0.2) is 0 Å².